The van der Waals surface area contributed by atoms with E-state index in [1.54, 1.807) is 18.2 Å². The molecule has 1 amide bonds. The van der Waals surface area contributed by atoms with Crippen LogP contribution in [0.5, 0.6) is 0 Å². The van der Waals surface area contributed by atoms with Gasteiger partial charge in [0.15, 0.2) is 0 Å². The molecule has 0 bridgehead atoms. The number of carbonyl (C=O) groups is 1. The van der Waals surface area contributed by atoms with Gasteiger partial charge in [-0.25, -0.2) is 8.42 Å². The van der Waals surface area contributed by atoms with E-state index in [0.717, 1.165) is 24.9 Å². The van der Waals surface area contributed by atoms with Crippen molar-refractivity contribution in [1.82, 2.24) is 4.31 Å². The molecule has 6 nitrogen and oxygen atoms in total. The Morgan fingerprint density at radius 1 is 1.04 bits per heavy atom. The average Bonchev–Trinajstić information content (AvgIpc) is 3.23. The lowest BCUT2D eigenvalue weighted by Gasteiger charge is -2.16. The monoisotopic (exact) mass is 387 g/mol. The van der Waals surface area contributed by atoms with Crippen LogP contribution >= 0.6 is 0 Å². The minimum Gasteiger partial charge on any atom is -0.376 e. The van der Waals surface area contributed by atoms with Crippen molar-refractivity contribution in [2.75, 3.05) is 30.3 Å². The third-order valence-corrected chi connectivity index (χ3v) is 6.53. The van der Waals surface area contributed by atoms with Crippen LogP contribution in [0.2, 0.25) is 0 Å². The smallest absolute Gasteiger partial charge is 0.243 e. The van der Waals surface area contributed by atoms with Gasteiger partial charge in [-0.05, 0) is 55.2 Å². The molecule has 0 aromatic heterocycles. The van der Waals surface area contributed by atoms with Crippen LogP contribution in [0.25, 0.3) is 0 Å². The van der Waals surface area contributed by atoms with Gasteiger partial charge in [-0.3, -0.25) is 4.79 Å². The van der Waals surface area contributed by atoms with Crippen molar-refractivity contribution in [3.05, 3.63) is 54.1 Å². The van der Waals surface area contributed by atoms with E-state index in [1.165, 1.54) is 15.9 Å². The van der Waals surface area contributed by atoms with Crippen LogP contribution in [0.3, 0.4) is 0 Å². The first-order valence-electron chi connectivity index (χ1n) is 9.22. The van der Waals surface area contributed by atoms with Crippen LogP contribution in [0, 0.1) is 0 Å². The number of hydrogen-bond acceptors (Lipinski definition) is 4. The van der Waals surface area contributed by atoms with Gasteiger partial charge in [0.25, 0.3) is 0 Å². The maximum atomic E-state index is 12.6. The number of carbonyl (C=O) groups excluding carboxylic acids is 1. The Kier molecular flexibility index (Phi) is 6.13. The van der Waals surface area contributed by atoms with Crippen LogP contribution in [0.15, 0.2) is 53.4 Å². The molecule has 0 spiro atoms. The third-order valence-electron chi connectivity index (χ3n) is 4.64. The molecule has 144 valence electrons. The first-order chi connectivity index (χ1) is 13.0. The summed E-state index contributed by atoms with van der Waals surface area (Å²) in [6.45, 7) is 3.31. The summed E-state index contributed by atoms with van der Waals surface area (Å²) in [7, 11) is -3.49. The van der Waals surface area contributed by atoms with Gasteiger partial charge < -0.3 is 10.6 Å². The summed E-state index contributed by atoms with van der Waals surface area (Å²) in [6, 6.07) is 14.3. The van der Waals surface area contributed by atoms with Crippen molar-refractivity contribution in [3.63, 3.8) is 0 Å². The zero-order valence-corrected chi connectivity index (χ0v) is 16.3. The number of hydrogen-bond donors (Lipinski definition) is 2. The van der Waals surface area contributed by atoms with E-state index in [0.29, 0.717) is 18.8 Å². The fourth-order valence-corrected chi connectivity index (χ4v) is 4.62. The number of rotatable bonds is 7. The van der Waals surface area contributed by atoms with E-state index in [-0.39, 0.29) is 17.3 Å². The topological polar surface area (TPSA) is 78.5 Å². The molecule has 2 aromatic rings. The molecule has 1 aliphatic heterocycles. The van der Waals surface area contributed by atoms with Crippen LogP contribution in [-0.2, 0) is 21.2 Å². The van der Waals surface area contributed by atoms with E-state index in [9.17, 15) is 13.2 Å². The second-order valence-corrected chi connectivity index (χ2v) is 8.53. The molecular weight excluding hydrogens is 362 g/mol. The van der Waals surface area contributed by atoms with Gasteiger partial charge in [0.2, 0.25) is 15.9 Å². The Morgan fingerprint density at radius 3 is 2.41 bits per heavy atom. The number of nitrogens with zero attached hydrogens (tertiary/aromatic N) is 1. The first kappa shape index (κ1) is 19.4. The van der Waals surface area contributed by atoms with E-state index >= 15 is 0 Å². The van der Waals surface area contributed by atoms with E-state index < -0.39 is 10.0 Å². The van der Waals surface area contributed by atoms with Crippen molar-refractivity contribution in [2.45, 2.75) is 31.1 Å². The maximum absolute atomic E-state index is 12.6. The van der Waals surface area contributed by atoms with Gasteiger partial charge in [-0.1, -0.05) is 25.1 Å². The fourth-order valence-electron chi connectivity index (χ4n) is 3.06. The largest absolute Gasteiger partial charge is 0.376 e. The summed E-state index contributed by atoms with van der Waals surface area (Å²) >= 11 is 0. The van der Waals surface area contributed by atoms with Crippen molar-refractivity contribution in [1.29, 1.82) is 0 Å². The van der Waals surface area contributed by atoms with Crippen molar-refractivity contribution in [3.8, 4) is 0 Å². The van der Waals surface area contributed by atoms with Crippen molar-refractivity contribution >= 4 is 27.3 Å². The van der Waals surface area contributed by atoms with Crippen molar-refractivity contribution < 1.29 is 13.2 Å². The molecular formula is C20H25N3O3S. The molecule has 2 aromatic carbocycles. The molecule has 2 N–H and O–H groups in total. The van der Waals surface area contributed by atoms with E-state index in [4.69, 9.17) is 0 Å². The third kappa shape index (κ3) is 4.87. The van der Waals surface area contributed by atoms with Crippen LogP contribution in [0.1, 0.15) is 25.3 Å². The van der Waals surface area contributed by atoms with E-state index in [1.807, 2.05) is 24.3 Å². The van der Waals surface area contributed by atoms with E-state index in [2.05, 4.69) is 17.6 Å². The maximum Gasteiger partial charge on any atom is 0.243 e. The van der Waals surface area contributed by atoms with Crippen LogP contribution < -0.4 is 10.6 Å². The van der Waals surface area contributed by atoms with Crippen LogP contribution in [0.4, 0.5) is 11.4 Å². The summed E-state index contributed by atoms with van der Waals surface area (Å²) in [5.41, 5.74) is 2.58. The quantitative estimate of drug-likeness (QED) is 0.765. The van der Waals surface area contributed by atoms with Gasteiger partial charge >= 0.3 is 0 Å². The van der Waals surface area contributed by atoms with Gasteiger partial charge in [-0.15, -0.1) is 0 Å². The SMILES string of the molecule is CCc1ccc(NCC(=O)Nc2cccc(S(=O)(=O)N3CCCC3)c2)cc1. The van der Waals surface area contributed by atoms with Gasteiger partial charge in [0.1, 0.15) is 0 Å². The molecule has 0 atom stereocenters. The summed E-state index contributed by atoms with van der Waals surface area (Å²) in [4.78, 5) is 12.4. The number of aryl methyl sites for hydroxylation is 1. The number of amides is 1. The predicted molar refractivity (Wildman–Crippen MR) is 107 cm³/mol. The van der Waals surface area contributed by atoms with Crippen LogP contribution in [-0.4, -0.2) is 38.3 Å². The van der Waals surface area contributed by atoms with Gasteiger partial charge in [0.05, 0.1) is 11.4 Å². The molecule has 3 rings (SSSR count). The molecule has 7 heteroatoms. The lowest BCUT2D eigenvalue weighted by Crippen LogP contribution is -2.28. The summed E-state index contributed by atoms with van der Waals surface area (Å²) in [5.74, 6) is -0.231. The lowest BCUT2D eigenvalue weighted by molar-refractivity contribution is -0.114. The Bertz CT molecular complexity index is 889. The molecule has 0 unspecified atom stereocenters. The predicted octanol–water partition coefficient (Wildman–Crippen LogP) is 3.08. The van der Waals surface area contributed by atoms with Gasteiger partial charge in [-0.2, -0.15) is 4.31 Å². The summed E-state index contributed by atoms with van der Waals surface area (Å²) in [5, 5.41) is 5.82. The second-order valence-electron chi connectivity index (χ2n) is 6.59. The second kappa shape index (κ2) is 8.54. The highest BCUT2D eigenvalue weighted by Crippen LogP contribution is 2.23. The number of anilines is 2. The normalized spacial score (nSPS) is 14.9. The van der Waals surface area contributed by atoms with Crippen molar-refractivity contribution in [2.24, 2.45) is 0 Å². The number of benzene rings is 2. The highest BCUT2D eigenvalue weighted by Gasteiger charge is 2.27. The Hall–Kier alpha value is -2.38. The molecule has 27 heavy (non-hydrogen) atoms. The summed E-state index contributed by atoms with van der Waals surface area (Å²) in [6.07, 6.45) is 2.75. The Labute approximate surface area is 160 Å². The molecule has 0 radical (unpaired) electrons. The Balaban J connectivity index is 1.60. The van der Waals surface area contributed by atoms with Gasteiger partial charge in [0, 0.05) is 24.5 Å². The first-order valence-corrected chi connectivity index (χ1v) is 10.7. The summed E-state index contributed by atoms with van der Waals surface area (Å²) < 4.78 is 26.8. The minimum atomic E-state index is -3.49. The standard InChI is InChI=1S/C20H25N3O3S/c1-2-16-8-10-17(11-9-16)21-15-20(24)22-18-6-5-7-19(14-18)27(25,26)23-12-3-4-13-23/h5-11,14,21H,2-4,12-13,15H2,1H3,(H,22,24). The molecule has 1 heterocycles. The average molecular weight is 388 g/mol. The number of nitrogens with one attached hydrogen (secondary N) is 2. The molecule has 1 aliphatic rings. The molecule has 1 fully saturated rings. The molecule has 0 saturated carbocycles. The molecule has 0 aliphatic carbocycles. The Morgan fingerprint density at radius 2 is 1.74 bits per heavy atom. The highest BCUT2D eigenvalue weighted by atomic mass is 32.2. The molecule has 1 saturated heterocycles. The zero-order chi connectivity index (χ0) is 19.3. The lowest BCUT2D eigenvalue weighted by atomic mass is 10.1. The zero-order valence-electron chi connectivity index (χ0n) is 15.4. The highest BCUT2D eigenvalue weighted by molar-refractivity contribution is 7.89. The number of sulfonamides is 1. The fraction of sp³-hybridized carbons (Fsp3) is 0.350. The minimum absolute atomic E-state index is 0.106.